The maximum atomic E-state index is 13.5. The first-order chi connectivity index (χ1) is 15.5. The van der Waals surface area contributed by atoms with Gasteiger partial charge in [0.1, 0.15) is 12.1 Å². The highest BCUT2D eigenvalue weighted by Gasteiger charge is 2.42. The Labute approximate surface area is 193 Å². The van der Waals surface area contributed by atoms with E-state index < -0.39 is 12.1 Å². The highest BCUT2D eigenvalue weighted by molar-refractivity contribution is 6.30. The summed E-state index contributed by atoms with van der Waals surface area (Å²) in [7, 11) is 1.78. The predicted molar refractivity (Wildman–Crippen MR) is 123 cm³/mol. The molecule has 0 saturated carbocycles. The van der Waals surface area contributed by atoms with Gasteiger partial charge in [-0.3, -0.25) is 14.4 Å². The van der Waals surface area contributed by atoms with E-state index in [9.17, 15) is 14.4 Å². The summed E-state index contributed by atoms with van der Waals surface area (Å²) in [5, 5.41) is 0.564. The third-order valence-corrected chi connectivity index (χ3v) is 6.60. The number of carbonyl (C=O) groups excluding carboxylic acids is 3. The quantitative estimate of drug-likeness (QED) is 0.695. The molecule has 7 heteroatoms. The van der Waals surface area contributed by atoms with Gasteiger partial charge in [0.2, 0.25) is 11.8 Å². The molecule has 0 radical (unpaired) electrons. The van der Waals surface area contributed by atoms with Crippen molar-refractivity contribution >= 4 is 29.3 Å². The first-order valence-electron chi connectivity index (χ1n) is 11.1. The van der Waals surface area contributed by atoms with Gasteiger partial charge in [0.25, 0.3) is 5.91 Å². The molecule has 168 valence electrons. The SMILES string of the molecule is CN(Cc1ccccc1)C(=O)[C@@H]1CCCN1C(=O)[C@@H]1CCCN1C(=O)c1ccc(Cl)cc1. The molecule has 2 aliphatic rings. The molecule has 0 aromatic heterocycles. The van der Waals surface area contributed by atoms with Crippen LogP contribution in [0.4, 0.5) is 0 Å². The summed E-state index contributed by atoms with van der Waals surface area (Å²) in [6.45, 7) is 1.59. The second-order valence-electron chi connectivity index (χ2n) is 8.53. The third kappa shape index (κ3) is 4.65. The van der Waals surface area contributed by atoms with E-state index in [1.807, 2.05) is 30.3 Å². The Hall–Kier alpha value is -2.86. The van der Waals surface area contributed by atoms with Crippen molar-refractivity contribution in [3.05, 3.63) is 70.7 Å². The van der Waals surface area contributed by atoms with Gasteiger partial charge in [-0.2, -0.15) is 0 Å². The molecular formula is C25H28ClN3O3. The van der Waals surface area contributed by atoms with Crippen molar-refractivity contribution in [2.75, 3.05) is 20.1 Å². The van der Waals surface area contributed by atoms with Gasteiger partial charge in [0.05, 0.1) is 0 Å². The zero-order valence-corrected chi connectivity index (χ0v) is 19.0. The van der Waals surface area contributed by atoms with Crippen LogP contribution in [-0.2, 0) is 16.1 Å². The lowest BCUT2D eigenvalue weighted by atomic mass is 10.1. The number of amides is 3. The first kappa shape index (κ1) is 22.3. The van der Waals surface area contributed by atoms with Crippen LogP contribution in [0.25, 0.3) is 0 Å². The van der Waals surface area contributed by atoms with Gasteiger partial charge >= 0.3 is 0 Å². The van der Waals surface area contributed by atoms with E-state index in [-0.39, 0.29) is 17.7 Å². The Morgan fingerprint density at radius 1 is 0.906 bits per heavy atom. The second kappa shape index (κ2) is 9.74. The lowest BCUT2D eigenvalue weighted by molar-refractivity contribution is -0.145. The van der Waals surface area contributed by atoms with Crippen molar-refractivity contribution in [1.29, 1.82) is 0 Å². The van der Waals surface area contributed by atoms with Gasteiger partial charge in [0.15, 0.2) is 0 Å². The van der Waals surface area contributed by atoms with Crippen molar-refractivity contribution in [3.63, 3.8) is 0 Å². The molecule has 2 aromatic rings. The van der Waals surface area contributed by atoms with Crippen LogP contribution in [0.2, 0.25) is 5.02 Å². The molecule has 0 bridgehead atoms. The minimum Gasteiger partial charge on any atom is -0.340 e. The van der Waals surface area contributed by atoms with Crippen LogP contribution in [-0.4, -0.2) is 64.6 Å². The van der Waals surface area contributed by atoms with Crippen molar-refractivity contribution in [2.45, 2.75) is 44.3 Å². The zero-order chi connectivity index (χ0) is 22.7. The molecule has 0 N–H and O–H groups in total. The number of hydrogen-bond donors (Lipinski definition) is 0. The molecule has 2 heterocycles. The normalized spacial score (nSPS) is 20.4. The average Bonchev–Trinajstić information content (AvgIpc) is 3.49. The Balaban J connectivity index is 1.45. The third-order valence-electron chi connectivity index (χ3n) is 6.35. The van der Waals surface area contributed by atoms with Crippen molar-refractivity contribution < 1.29 is 14.4 Å². The molecule has 4 rings (SSSR count). The average molecular weight is 454 g/mol. The van der Waals surface area contributed by atoms with Crippen molar-refractivity contribution in [1.82, 2.24) is 14.7 Å². The number of rotatable bonds is 5. The topological polar surface area (TPSA) is 60.9 Å². The number of benzene rings is 2. The molecule has 2 saturated heterocycles. The van der Waals surface area contributed by atoms with Crippen LogP contribution < -0.4 is 0 Å². The van der Waals surface area contributed by atoms with E-state index in [1.165, 1.54) is 0 Å². The number of hydrogen-bond acceptors (Lipinski definition) is 3. The monoisotopic (exact) mass is 453 g/mol. The van der Waals surface area contributed by atoms with E-state index in [4.69, 9.17) is 11.6 Å². The molecule has 0 spiro atoms. The fraction of sp³-hybridized carbons (Fsp3) is 0.400. The minimum absolute atomic E-state index is 0.0479. The molecule has 2 fully saturated rings. The summed E-state index contributed by atoms with van der Waals surface area (Å²) in [4.78, 5) is 44.8. The van der Waals surface area contributed by atoms with Crippen molar-refractivity contribution in [2.24, 2.45) is 0 Å². The highest BCUT2D eigenvalue weighted by atomic mass is 35.5. The van der Waals surface area contributed by atoms with Gasteiger partial charge in [0, 0.05) is 37.3 Å². The molecule has 0 unspecified atom stereocenters. The van der Waals surface area contributed by atoms with Gasteiger partial charge in [-0.05, 0) is 55.5 Å². The van der Waals surface area contributed by atoms with E-state index in [2.05, 4.69) is 0 Å². The summed E-state index contributed by atoms with van der Waals surface area (Å²) in [6.07, 6.45) is 2.84. The smallest absolute Gasteiger partial charge is 0.254 e. The predicted octanol–water partition coefficient (Wildman–Crippen LogP) is 3.59. The fourth-order valence-corrected chi connectivity index (χ4v) is 4.82. The number of nitrogens with zero attached hydrogens (tertiary/aromatic N) is 3. The molecule has 3 amide bonds. The number of likely N-dealkylation sites (N-methyl/N-ethyl adjacent to an activating group) is 1. The van der Waals surface area contributed by atoms with Gasteiger partial charge < -0.3 is 14.7 Å². The molecule has 2 aromatic carbocycles. The summed E-state index contributed by atoms with van der Waals surface area (Å²) < 4.78 is 0. The second-order valence-corrected chi connectivity index (χ2v) is 8.97. The molecule has 2 aliphatic heterocycles. The van der Waals surface area contributed by atoms with Gasteiger partial charge in [-0.15, -0.1) is 0 Å². The molecular weight excluding hydrogens is 426 g/mol. The summed E-state index contributed by atoms with van der Waals surface area (Å²) in [6, 6.07) is 15.6. The summed E-state index contributed by atoms with van der Waals surface area (Å²) in [5.41, 5.74) is 1.57. The van der Waals surface area contributed by atoms with Crippen LogP contribution in [0.1, 0.15) is 41.6 Å². The number of halogens is 1. The maximum Gasteiger partial charge on any atom is 0.254 e. The van der Waals surface area contributed by atoms with E-state index in [0.717, 1.165) is 18.4 Å². The standard InChI is InChI=1S/C25H28ClN3O3/c1-27(17-18-7-3-2-4-8-18)24(31)21-9-5-16-29(21)25(32)22-10-6-15-28(22)23(30)19-11-13-20(26)14-12-19/h2-4,7-8,11-14,21-22H,5-6,9-10,15-17H2,1H3/t21-,22-/m0/s1. The van der Waals surface area contributed by atoms with Gasteiger partial charge in [-0.1, -0.05) is 41.9 Å². The molecule has 6 nitrogen and oxygen atoms in total. The summed E-state index contributed by atoms with van der Waals surface area (Å²) >= 11 is 5.94. The Morgan fingerprint density at radius 2 is 1.53 bits per heavy atom. The van der Waals surface area contributed by atoms with E-state index in [0.29, 0.717) is 43.1 Å². The summed E-state index contributed by atoms with van der Waals surface area (Å²) in [5.74, 6) is -0.331. The molecule has 2 atom stereocenters. The Kier molecular flexibility index (Phi) is 6.80. The lowest BCUT2D eigenvalue weighted by Gasteiger charge is -2.32. The fourth-order valence-electron chi connectivity index (χ4n) is 4.69. The van der Waals surface area contributed by atoms with Gasteiger partial charge in [-0.25, -0.2) is 0 Å². The largest absolute Gasteiger partial charge is 0.340 e. The Bertz CT molecular complexity index is 980. The van der Waals surface area contributed by atoms with E-state index in [1.54, 1.807) is 46.0 Å². The Morgan fingerprint density at radius 3 is 2.22 bits per heavy atom. The van der Waals surface area contributed by atoms with Crippen LogP contribution in [0, 0.1) is 0 Å². The maximum absolute atomic E-state index is 13.5. The zero-order valence-electron chi connectivity index (χ0n) is 18.2. The highest BCUT2D eigenvalue weighted by Crippen LogP contribution is 2.27. The number of likely N-dealkylation sites (tertiary alicyclic amines) is 2. The number of carbonyl (C=O) groups is 3. The van der Waals surface area contributed by atoms with Crippen LogP contribution in [0.15, 0.2) is 54.6 Å². The van der Waals surface area contributed by atoms with Crippen LogP contribution in [0.3, 0.4) is 0 Å². The van der Waals surface area contributed by atoms with E-state index >= 15 is 0 Å². The van der Waals surface area contributed by atoms with Crippen molar-refractivity contribution in [3.8, 4) is 0 Å². The molecule has 32 heavy (non-hydrogen) atoms. The van der Waals surface area contributed by atoms with Crippen LogP contribution in [0.5, 0.6) is 0 Å². The lowest BCUT2D eigenvalue weighted by Crippen LogP contribution is -2.53. The minimum atomic E-state index is -0.522. The first-order valence-corrected chi connectivity index (χ1v) is 11.5. The van der Waals surface area contributed by atoms with Crippen LogP contribution >= 0.6 is 11.6 Å². The molecule has 0 aliphatic carbocycles.